The highest BCUT2D eigenvalue weighted by atomic mass is 16.2. The van der Waals surface area contributed by atoms with Crippen LogP contribution < -0.4 is 15.5 Å². The Morgan fingerprint density at radius 1 is 1.07 bits per heavy atom. The zero-order chi connectivity index (χ0) is 20.4. The van der Waals surface area contributed by atoms with E-state index < -0.39 is 11.6 Å². The van der Waals surface area contributed by atoms with Gasteiger partial charge in [-0.2, -0.15) is 0 Å². The standard InChI is InChI=1S/C22H20N4O3/c1-2-16-7-6-8-17(15-16)23-20(28)25-13-11-22(12-14-25)19(27)26(21(29)24-22)18-9-4-3-5-10-18/h1,3-10,15H,11-14H2,(H,23,28)(H,24,29). The molecule has 2 aliphatic rings. The third-order valence-corrected chi connectivity index (χ3v) is 5.36. The van der Waals surface area contributed by atoms with E-state index in [1.54, 1.807) is 53.4 Å². The van der Waals surface area contributed by atoms with E-state index in [-0.39, 0.29) is 11.9 Å². The number of rotatable bonds is 2. The first-order valence-corrected chi connectivity index (χ1v) is 9.37. The normalized spacial score (nSPS) is 17.8. The van der Waals surface area contributed by atoms with E-state index in [0.29, 0.717) is 42.9 Å². The molecule has 2 N–H and O–H groups in total. The molecule has 0 aromatic heterocycles. The van der Waals surface area contributed by atoms with Crippen LogP contribution in [0.4, 0.5) is 21.0 Å². The number of nitrogens with zero attached hydrogens (tertiary/aromatic N) is 2. The third-order valence-electron chi connectivity index (χ3n) is 5.36. The number of likely N-dealkylation sites (tertiary alicyclic amines) is 1. The molecule has 0 radical (unpaired) electrons. The van der Waals surface area contributed by atoms with Crippen molar-refractivity contribution in [1.82, 2.24) is 10.2 Å². The van der Waals surface area contributed by atoms with Gasteiger partial charge in [-0.3, -0.25) is 4.79 Å². The summed E-state index contributed by atoms with van der Waals surface area (Å²) in [6.07, 6.45) is 6.11. The van der Waals surface area contributed by atoms with Crippen LogP contribution in [0.1, 0.15) is 18.4 Å². The maximum atomic E-state index is 13.0. The minimum absolute atomic E-state index is 0.259. The Balaban J connectivity index is 1.42. The van der Waals surface area contributed by atoms with Gasteiger partial charge in [0.25, 0.3) is 5.91 Å². The lowest BCUT2D eigenvalue weighted by Gasteiger charge is -2.37. The van der Waals surface area contributed by atoms with Crippen molar-refractivity contribution in [3.05, 3.63) is 60.2 Å². The molecular weight excluding hydrogens is 368 g/mol. The quantitative estimate of drug-likeness (QED) is 0.613. The monoisotopic (exact) mass is 388 g/mol. The van der Waals surface area contributed by atoms with Gasteiger partial charge in [-0.05, 0) is 43.2 Å². The molecule has 146 valence electrons. The van der Waals surface area contributed by atoms with Crippen LogP contribution in [0.5, 0.6) is 0 Å². The van der Waals surface area contributed by atoms with Crippen molar-refractivity contribution in [3.63, 3.8) is 0 Å². The van der Waals surface area contributed by atoms with Gasteiger partial charge in [-0.15, -0.1) is 6.42 Å². The maximum Gasteiger partial charge on any atom is 0.329 e. The number of terminal acetylenes is 1. The summed E-state index contributed by atoms with van der Waals surface area (Å²) in [5, 5.41) is 5.68. The summed E-state index contributed by atoms with van der Waals surface area (Å²) < 4.78 is 0. The number of hydrogen-bond acceptors (Lipinski definition) is 3. The Morgan fingerprint density at radius 3 is 2.48 bits per heavy atom. The minimum Gasteiger partial charge on any atom is -0.324 e. The number of piperidine rings is 1. The van der Waals surface area contributed by atoms with Crippen molar-refractivity contribution in [2.45, 2.75) is 18.4 Å². The molecule has 2 aromatic rings. The van der Waals surface area contributed by atoms with Gasteiger partial charge in [0.05, 0.1) is 5.69 Å². The third kappa shape index (κ3) is 3.41. The lowest BCUT2D eigenvalue weighted by atomic mass is 9.87. The Kier molecular flexibility index (Phi) is 4.69. The van der Waals surface area contributed by atoms with E-state index in [2.05, 4.69) is 16.6 Å². The molecule has 0 unspecified atom stereocenters. The molecule has 0 bridgehead atoms. The Bertz CT molecular complexity index is 1000. The van der Waals surface area contributed by atoms with Crippen LogP contribution in [-0.2, 0) is 4.79 Å². The molecule has 7 nitrogen and oxygen atoms in total. The second-order valence-electron chi connectivity index (χ2n) is 7.13. The van der Waals surface area contributed by atoms with E-state index in [9.17, 15) is 14.4 Å². The highest BCUT2D eigenvalue weighted by molar-refractivity contribution is 6.23. The van der Waals surface area contributed by atoms with Gasteiger partial charge in [-0.1, -0.05) is 30.2 Å². The van der Waals surface area contributed by atoms with Crippen molar-refractivity contribution >= 4 is 29.3 Å². The fraction of sp³-hybridized carbons (Fsp3) is 0.227. The van der Waals surface area contributed by atoms with E-state index in [4.69, 9.17) is 6.42 Å². The molecule has 7 heteroatoms. The Labute approximate surface area is 168 Å². The van der Waals surface area contributed by atoms with E-state index >= 15 is 0 Å². The molecule has 1 spiro atoms. The molecule has 2 heterocycles. The van der Waals surface area contributed by atoms with Gasteiger partial charge in [0.1, 0.15) is 5.54 Å². The topological polar surface area (TPSA) is 81.8 Å². The smallest absolute Gasteiger partial charge is 0.324 e. The highest BCUT2D eigenvalue weighted by Gasteiger charge is 2.53. The van der Waals surface area contributed by atoms with E-state index in [0.717, 1.165) is 0 Å². The van der Waals surface area contributed by atoms with Gasteiger partial charge >= 0.3 is 12.1 Å². The molecule has 29 heavy (non-hydrogen) atoms. The van der Waals surface area contributed by atoms with Gasteiger partial charge in [0.2, 0.25) is 0 Å². The van der Waals surface area contributed by atoms with E-state index in [1.807, 2.05) is 6.07 Å². The molecule has 5 amide bonds. The Hall–Kier alpha value is -3.79. The van der Waals surface area contributed by atoms with Crippen molar-refractivity contribution in [2.75, 3.05) is 23.3 Å². The molecule has 4 rings (SSSR count). The number of imide groups is 1. The summed E-state index contributed by atoms with van der Waals surface area (Å²) in [6, 6.07) is 15.2. The largest absolute Gasteiger partial charge is 0.329 e. The second kappa shape index (κ2) is 7.32. The number of anilines is 2. The summed E-state index contributed by atoms with van der Waals surface area (Å²) in [5.74, 6) is 2.26. The average molecular weight is 388 g/mol. The van der Waals surface area contributed by atoms with Crippen LogP contribution in [0.3, 0.4) is 0 Å². The van der Waals surface area contributed by atoms with Gasteiger partial charge in [0, 0.05) is 24.3 Å². The molecule has 2 fully saturated rings. The van der Waals surface area contributed by atoms with E-state index in [1.165, 1.54) is 4.90 Å². The first-order valence-electron chi connectivity index (χ1n) is 9.37. The van der Waals surface area contributed by atoms with Crippen molar-refractivity contribution < 1.29 is 14.4 Å². The molecule has 0 saturated carbocycles. The molecule has 2 saturated heterocycles. The first-order chi connectivity index (χ1) is 14.0. The van der Waals surface area contributed by atoms with Crippen LogP contribution in [-0.4, -0.2) is 41.5 Å². The van der Waals surface area contributed by atoms with Gasteiger partial charge in [0.15, 0.2) is 0 Å². The first kappa shape index (κ1) is 18.6. The van der Waals surface area contributed by atoms with Crippen LogP contribution in [0.2, 0.25) is 0 Å². The van der Waals surface area contributed by atoms with Crippen LogP contribution in [0.25, 0.3) is 0 Å². The van der Waals surface area contributed by atoms with Crippen molar-refractivity contribution in [2.24, 2.45) is 0 Å². The number of urea groups is 2. The summed E-state index contributed by atoms with van der Waals surface area (Å²) in [6.45, 7) is 0.713. The molecule has 2 aliphatic heterocycles. The van der Waals surface area contributed by atoms with Crippen LogP contribution in [0, 0.1) is 12.3 Å². The van der Waals surface area contributed by atoms with Crippen molar-refractivity contribution in [1.29, 1.82) is 0 Å². The van der Waals surface area contributed by atoms with Crippen LogP contribution >= 0.6 is 0 Å². The maximum absolute atomic E-state index is 13.0. The van der Waals surface area contributed by atoms with Crippen LogP contribution in [0.15, 0.2) is 54.6 Å². The average Bonchev–Trinajstić information content (AvgIpc) is 2.98. The number of carbonyl (C=O) groups excluding carboxylic acids is 3. The number of nitrogens with one attached hydrogen (secondary N) is 2. The number of benzene rings is 2. The SMILES string of the molecule is C#Cc1cccc(NC(=O)N2CCC3(CC2)NC(=O)N(c2ccccc2)C3=O)c1. The second-order valence-corrected chi connectivity index (χ2v) is 7.13. The summed E-state index contributed by atoms with van der Waals surface area (Å²) >= 11 is 0. The van der Waals surface area contributed by atoms with Crippen molar-refractivity contribution in [3.8, 4) is 12.3 Å². The highest BCUT2D eigenvalue weighted by Crippen LogP contribution is 2.32. The zero-order valence-corrected chi connectivity index (χ0v) is 15.7. The number of hydrogen-bond donors (Lipinski definition) is 2. The molecule has 2 aromatic carbocycles. The lowest BCUT2D eigenvalue weighted by Crippen LogP contribution is -2.56. The zero-order valence-electron chi connectivity index (χ0n) is 15.7. The molecule has 0 aliphatic carbocycles. The molecular formula is C22H20N4O3. The number of para-hydroxylation sites is 1. The fourth-order valence-electron chi connectivity index (χ4n) is 3.75. The van der Waals surface area contributed by atoms with Gasteiger partial charge in [-0.25, -0.2) is 14.5 Å². The molecule has 0 atom stereocenters. The predicted molar refractivity (Wildman–Crippen MR) is 109 cm³/mol. The summed E-state index contributed by atoms with van der Waals surface area (Å²) in [4.78, 5) is 40.9. The lowest BCUT2D eigenvalue weighted by molar-refractivity contribution is -0.123. The summed E-state index contributed by atoms with van der Waals surface area (Å²) in [5.41, 5.74) is 0.875. The summed E-state index contributed by atoms with van der Waals surface area (Å²) in [7, 11) is 0. The Morgan fingerprint density at radius 2 is 1.79 bits per heavy atom. The minimum atomic E-state index is -0.965. The predicted octanol–water partition coefficient (Wildman–Crippen LogP) is 2.79. The van der Waals surface area contributed by atoms with Gasteiger partial charge < -0.3 is 15.5 Å². The number of amides is 5. The number of carbonyl (C=O) groups is 3. The fourth-order valence-corrected chi connectivity index (χ4v) is 3.75.